The van der Waals surface area contributed by atoms with E-state index in [-0.39, 0.29) is 5.91 Å². The molecule has 0 heterocycles. The van der Waals surface area contributed by atoms with E-state index in [4.69, 9.17) is 14.2 Å². The molecule has 1 N–H and O–H groups in total. The van der Waals surface area contributed by atoms with E-state index in [2.05, 4.69) is 5.32 Å². The zero-order valence-corrected chi connectivity index (χ0v) is 13.6. The number of ether oxygens (including phenoxy) is 3. The zero-order valence-electron chi connectivity index (χ0n) is 13.6. The lowest BCUT2D eigenvalue weighted by Crippen LogP contribution is -2.13. The molecule has 0 radical (unpaired) electrons. The normalized spacial score (nSPS) is 10.0. The van der Waals surface area contributed by atoms with Gasteiger partial charge in [0.05, 0.1) is 27.0 Å². The number of rotatable bonds is 7. The Labute approximate surface area is 136 Å². The van der Waals surface area contributed by atoms with Gasteiger partial charge in [-0.3, -0.25) is 4.79 Å². The van der Waals surface area contributed by atoms with Gasteiger partial charge in [-0.25, -0.2) is 0 Å². The SMILES string of the molecule is COc1ccccc1NC(=O)CCc1c(OC)cccc1OC. The van der Waals surface area contributed by atoms with Crippen LogP contribution in [0.25, 0.3) is 0 Å². The molecule has 5 nitrogen and oxygen atoms in total. The van der Waals surface area contributed by atoms with E-state index in [1.165, 1.54) is 0 Å². The average Bonchev–Trinajstić information content (AvgIpc) is 2.59. The Balaban J connectivity index is 2.05. The molecule has 1 amide bonds. The highest BCUT2D eigenvalue weighted by molar-refractivity contribution is 5.92. The highest BCUT2D eigenvalue weighted by Gasteiger charge is 2.13. The largest absolute Gasteiger partial charge is 0.496 e. The van der Waals surface area contributed by atoms with Crippen molar-refractivity contribution in [3.63, 3.8) is 0 Å². The molecule has 0 aliphatic rings. The third-order valence-electron chi connectivity index (χ3n) is 3.51. The van der Waals surface area contributed by atoms with Gasteiger partial charge in [0, 0.05) is 12.0 Å². The third-order valence-corrected chi connectivity index (χ3v) is 3.51. The highest BCUT2D eigenvalue weighted by atomic mass is 16.5. The molecule has 2 rings (SSSR count). The van der Waals surface area contributed by atoms with Gasteiger partial charge < -0.3 is 19.5 Å². The van der Waals surface area contributed by atoms with E-state index in [1.54, 1.807) is 33.5 Å². The van der Waals surface area contributed by atoms with Gasteiger partial charge in [-0.15, -0.1) is 0 Å². The van der Waals surface area contributed by atoms with Crippen LogP contribution in [-0.4, -0.2) is 27.2 Å². The quantitative estimate of drug-likeness (QED) is 0.852. The number of hydrogen-bond acceptors (Lipinski definition) is 4. The second-order valence-electron chi connectivity index (χ2n) is 4.89. The molecule has 5 heteroatoms. The number of amides is 1. The summed E-state index contributed by atoms with van der Waals surface area (Å²) in [6, 6.07) is 12.9. The summed E-state index contributed by atoms with van der Waals surface area (Å²) in [5.74, 6) is 1.97. The Morgan fingerprint density at radius 3 is 2.04 bits per heavy atom. The first-order valence-electron chi connectivity index (χ1n) is 7.32. The number of carbonyl (C=O) groups is 1. The molecule has 2 aromatic rings. The van der Waals surface area contributed by atoms with Crippen molar-refractivity contribution in [2.75, 3.05) is 26.6 Å². The van der Waals surface area contributed by atoms with Crippen molar-refractivity contribution in [3.8, 4) is 17.2 Å². The maximum atomic E-state index is 12.2. The Kier molecular flexibility index (Phi) is 5.86. The van der Waals surface area contributed by atoms with E-state index in [9.17, 15) is 4.79 Å². The molecule has 0 saturated heterocycles. The van der Waals surface area contributed by atoms with E-state index >= 15 is 0 Å². The summed E-state index contributed by atoms with van der Waals surface area (Å²) in [7, 11) is 4.78. The first-order valence-corrected chi connectivity index (χ1v) is 7.32. The van der Waals surface area contributed by atoms with Gasteiger partial charge in [-0.05, 0) is 30.7 Å². The molecule has 0 saturated carbocycles. The van der Waals surface area contributed by atoms with Crippen molar-refractivity contribution in [2.24, 2.45) is 0 Å². The lowest BCUT2D eigenvalue weighted by Gasteiger charge is -2.13. The van der Waals surface area contributed by atoms with Gasteiger partial charge in [-0.1, -0.05) is 18.2 Å². The van der Waals surface area contributed by atoms with Crippen LogP contribution in [0.15, 0.2) is 42.5 Å². The monoisotopic (exact) mass is 315 g/mol. The average molecular weight is 315 g/mol. The molecule has 0 aromatic heterocycles. The number of carbonyl (C=O) groups excluding carboxylic acids is 1. The van der Waals surface area contributed by atoms with E-state index in [0.717, 1.165) is 17.1 Å². The summed E-state index contributed by atoms with van der Waals surface area (Å²) in [5, 5.41) is 2.86. The minimum Gasteiger partial charge on any atom is -0.496 e. The fourth-order valence-electron chi connectivity index (χ4n) is 2.37. The molecule has 0 spiro atoms. The van der Waals surface area contributed by atoms with Crippen LogP contribution in [0.3, 0.4) is 0 Å². The summed E-state index contributed by atoms with van der Waals surface area (Å²) < 4.78 is 15.9. The molecule has 0 atom stereocenters. The van der Waals surface area contributed by atoms with E-state index in [0.29, 0.717) is 24.3 Å². The van der Waals surface area contributed by atoms with Crippen molar-refractivity contribution in [2.45, 2.75) is 12.8 Å². The van der Waals surface area contributed by atoms with Crippen molar-refractivity contribution >= 4 is 11.6 Å². The number of nitrogens with one attached hydrogen (secondary N) is 1. The topological polar surface area (TPSA) is 56.8 Å². The summed E-state index contributed by atoms with van der Waals surface area (Å²) in [5.41, 5.74) is 1.54. The Morgan fingerprint density at radius 2 is 1.43 bits per heavy atom. The summed E-state index contributed by atoms with van der Waals surface area (Å²) in [6.45, 7) is 0. The molecule has 0 aliphatic carbocycles. The minimum absolute atomic E-state index is 0.0949. The smallest absolute Gasteiger partial charge is 0.224 e. The molecular weight excluding hydrogens is 294 g/mol. The summed E-state index contributed by atoms with van der Waals surface area (Å²) >= 11 is 0. The molecule has 2 aromatic carbocycles. The second kappa shape index (κ2) is 8.08. The van der Waals surface area contributed by atoms with Gasteiger partial charge in [0.1, 0.15) is 17.2 Å². The van der Waals surface area contributed by atoms with Crippen molar-refractivity contribution in [3.05, 3.63) is 48.0 Å². The van der Waals surface area contributed by atoms with Crippen LogP contribution in [-0.2, 0) is 11.2 Å². The van der Waals surface area contributed by atoms with Gasteiger partial charge in [0.25, 0.3) is 0 Å². The van der Waals surface area contributed by atoms with E-state index < -0.39 is 0 Å². The first-order chi connectivity index (χ1) is 11.2. The van der Waals surface area contributed by atoms with Crippen LogP contribution in [0.5, 0.6) is 17.2 Å². The number of para-hydroxylation sites is 2. The van der Waals surface area contributed by atoms with Gasteiger partial charge in [-0.2, -0.15) is 0 Å². The van der Waals surface area contributed by atoms with Crippen LogP contribution in [0, 0.1) is 0 Å². The standard InChI is InChI=1S/C18H21NO4/c1-21-15-9-6-10-16(22-2)13(15)11-12-18(20)19-14-7-4-5-8-17(14)23-3/h4-10H,11-12H2,1-3H3,(H,19,20). The first kappa shape index (κ1) is 16.7. The fraction of sp³-hybridized carbons (Fsp3) is 0.278. The molecule has 0 fully saturated rings. The summed E-state index contributed by atoms with van der Waals surface area (Å²) in [4.78, 5) is 12.2. The molecule has 0 bridgehead atoms. The van der Waals surface area contributed by atoms with Crippen molar-refractivity contribution in [1.82, 2.24) is 0 Å². The molecule has 0 unspecified atom stereocenters. The zero-order chi connectivity index (χ0) is 16.7. The maximum Gasteiger partial charge on any atom is 0.224 e. The molecule has 122 valence electrons. The molecule has 0 aliphatic heterocycles. The molecular formula is C18H21NO4. The maximum absolute atomic E-state index is 12.2. The number of hydrogen-bond donors (Lipinski definition) is 1. The third kappa shape index (κ3) is 4.16. The predicted octanol–water partition coefficient (Wildman–Crippen LogP) is 3.28. The van der Waals surface area contributed by atoms with Crippen LogP contribution in [0.4, 0.5) is 5.69 Å². The van der Waals surface area contributed by atoms with Gasteiger partial charge in [0.2, 0.25) is 5.91 Å². The predicted molar refractivity (Wildman–Crippen MR) is 89.5 cm³/mol. The van der Waals surface area contributed by atoms with Crippen LogP contribution in [0.1, 0.15) is 12.0 Å². The van der Waals surface area contributed by atoms with Gasteiger partial charge >= 0.3 is 0 Å². The van der Waals surface area contributed by atoms with Crippen LogP contribution in [0.2, 0.25) is 0 Å². The lowest BCUT2D eigenvalue weighted by molar-refractivity contribution is -0.116. The Bertz CT molecular complexity index is 648. The van der Waals surface area contributed by atoms with Crippen molar-refractivity contribution in [1.29, 1.82) is 0 Å². The lowest BCUT2D eigenvalue weighted by atomic mass is 10.1. The number of anilines is 1. The number of methoxy groups -OCH3 is 3. The second-order valence-corrected chi connectivity index (χ2v) is 4.89. The van der Waals surface area contributed by atoms with E-state index in [1.807, 2.05) is 30.3 Å². The highest BCUT2D eigenvalue weighted by Crippen LogP contribution is 2.30. The summed E-state index contributed by atoms with van der Waals surface area (Å²) in [6.07, 6.45) is 0.836. The van der Waals surface area contributed by atoms with Gasteiger partial charge in [0.15, 0.2) is 0 Å². The van der Waals surface area contributed by atoms with Crippen molar-refractivity contribution < 1.29 is 19.0 Å². The Morgan fingerprint density at radius 1 is 0.870 bits per heavy atom. The Hall–Kier alpha value is -2.69. The molecule has 23 heavy (non-hydrogen) atoms. The van der Waals surface area contributed by atoms with Crippen LogP contribution < -0.4 is 19.5 Å². The minimum atomic E-state index is -0.0949. The fourth-order valence-corrected chi connectivity index (χ4v) is 2.37. The number of benzene rings is 2. The van der Waals surface area contributed by atoms with Crippen LogP contribution >= 0.6 is 0 Å².